The van der Waals surface area contributed by atoms with Crippen molar-refractivity contribution in [2.45, 2.75) is 45.1 Å². The third-order valence-electron chi connectivity index (χ3n) is 6.64. The number of hydrogen-bond acceptors (Lipinski definition) is 3. The van der Waals surface area contributed by atoms with Crippen LogP contribution in [0.3, 0.4) is 0 Å². The van der Waals surface area contributed by atoms with E-state index in [1.54, 1.807) is 17.0 Å². The first-order valence-corrected chi connectivity index (χ1v) is 12.2. The van der Waals surface area contributed by atoms with Crippen LogP contribution in [0.15, 0.2) is 72.8 Å². The number of halogens is 1. The molecule has 1 fully saturated rings. The molecule has 0 saturated carbocycles. The van der Waals surface area contributed by atoms with Crippen molar-refractivity contribution in [2.24, 2.45) is 0 Å². The lowest BCUT2D eigenvalue weighted by molar-refractivity contribution is -0.117. The van der Waals surface area contributed by atoms with Crippen molar-refractivity contribution in [2.75, 3.05) is 18.1 Å². The second kappa shape index (κ2) is 9.90. The van der Waals surface area contributed by atoms with E-state index < -0.39 is 0 Å². The average molecular weight is 472 g/mol. The summed E-state index contributed by atoms with van der Waals surface area (Å²) in [7, 11) is 0. The average Bonchev–Trinajstić information content (AvgIpc) is 3.43. The summed E-state index contributed by atoms with van der Waals surface area (Å²) in [6.07, 6.45) is 1.21. The van der Waals surface area contributed by atoms with E-state index in [2.05, 4.69) is 30.5 Å². The Hall–Kier alpha value is -3.67. The molecular formula is C29H30FN3O2. The normalized spacial score (nSPS) is 15.9. The zero-order valence-electron chi connectivity index (χ0n) is 20.2. The van der Waals surface area contributed by atoms with Crippen LogP contribution in [-0.2, 0) is 11.3 Å². The fourth-order valence-electron chi connectivity index (χ4n) is 4.89. The minimum atomic E-state index is -0.308. The summed E-state index contributed by atoms with van der Waals surface area (Å²) in [5.74, 6) is 1.97. The van der Waals surface area contributed by atoms with Gasteiger partial charge in [-0.05, 0) is 60.4 Å². The molecule has 1 amide bonds. The number of carbonyl (C=O) groups is 1. The van der Waals surface area contributed by atoms with E-state index in [0.29, 0.717) is 25.5 Å². The molecule has 35 heavy (non-hydrogen) atoms. The van der Waals surface area contributed by atoms with E-state index in [1.807, 2.05) is 36.4 Å². The van der Waals surface area contributed by atoms with E-state index in [0.717, 1.165) is 41.3 Å². The van der Waals surface area contributed by atoms with Crippen molar-refractivity contribution in [3.63, 3.8) is 0 Å². The molecule has 5 rings (SSSR count). The van der Waals surface area contributed by atoms with Crippen LogP contribution in [0.5, 0.6) is 5.75 Å². The van der Waals surface area contributed by atoms with Gasteiger partial charge in [0.25, 0.3) is 0 Å². The van der Waals surface area contributed by atoms with Crippen molar-refractivity contribution in [1.82, 2.24) is 9.55 Å². The Morgan fingerprint density at radius 2 is 1.77 bits per heavy atom. The summed E-state index contributed by atoms with van der Waals surface area (Å²) >= 11 is 0. The molecular weight excluding hydrogens is 441 g/mol. The lowest BCUT2D eigenvalue weighted by Gasteiger charge is -2.18. The molecule has 0 aliphatic carbocycles. The molecule has 0 radical (unpaired) electrons. The molecule has 1 aromatic heterocycles. The number of carbonyl (C=O) groups excluding carboxylic acids is 1. The van der Waals surface area contributed by atoms with Gasteiger partial charge in [-0.2, -0.15) is 0 Å². The maximum Gasteiger partial charge on any atom is 0.227 e. The first-order valence-electron chi connectivity index (χ1n) is 12.2. The van der Waals surface area contributed by atoms with Gasteiger partial charge in [-0.15, -0.1) is 0 Å². The SMILES string of the molecule is CC(C)c1ccccc1OCCCn1c(C2CC(=O)N(c3ccc(F)cc3)C2)nc2ccccc21. The van der Waals surface area contributed by atoms with E-state index in [1.165, 1.54) is 17.7 Å². The molecule has 6 heteroatoms. The molecule has 1 unspecified atom stereocenters. The van der Waals surface area contributed by atoms with E-state index in [4.69, 9.17) is 9.72 Å². The minimum Gasteiger partial charge on any atom is -0.493 e. The van der Waals surface area contributed by atoms with Crippen molar-refractivity contribution in [3.8, 4) is 5.75 Å². The zero-order valence-corrected chi connectivity index (χ0v) is 20.2. The highest BCUT2D eigenvalue weighted by molar-refractivity contribution is 5.96. The quantitative estimate of drug-likeness (QED) is 0.284. The smallest absolute Gasteiger partial charge is 0.227 e. The molecule has 180 valence electrons. The molecule has 3 aromatic carbocycles. The Morgan fingerprint density at radius 1 is 1.03 bits per heavy atom. The van der Waals surface area contributed by atoms with Crippen LogP contribution < -0.4 is 9.64 Å². The highest BCUT2D eigenvalue weighted by atomic mass is 19.1. The summed E-state index contributed by atoms with van der Waals surface area (Å²) in [6, 6.07) is 22.4. The minimum absolute atomic E-state index is 0.0254. The van der Waals surface area contributed by atoms with Crippen molar-refractivity contribution < 1.29 is 13.9 Å². The number of nitrogens with zero attached hydrogens (tertiary/aromatic N) is 3. The molecule has 4 aromatic rings. The molecule has 0 bridgehead atoms. The van der Waals surface area contributed by atoms with Gasteiger partial charge in [0.15, 0.2) is 0 Å². The summed E-state index contributed by atoms with van der Waals surface area (Å²) in [6.45, 7) is 6.22. The monoisotopic (exact) mass is 471 g/mol. The van der Waals surface area contributed by atoms with Gasteiger partial charge in [-0.3, -0.25) is 4.79 Å². The maximum atomic E-state index is 13.4. The van der Waals surface area contributed by atoms with Gasteiger partial charge < -0.3 is 14.2 Å². The molecule has 2 heterocycles. The molecule has 5 nitrogen and oxygen atoms in total. The van der Waals surface area contributed by atoms with Crippen LogP contribution in [0.4, 0.5) is 10.1 Å². The second-order valence-corrected chi connectivity index (χ2v) is 9.39. The summed E-state index contributed by atoms with van der Waals surface area (Å²) in [4.78, 5) is 19.5. The fraction of sp³-hybridized carbons (Fsp3) is 0.310. The van der Waals surface area contributed by atoms with E-state index in [9.17, 15) is 9.18 Å². The molecule has 0 spiro atoms. The Bertz CT molecular complexity index is 1330. The molecule has 1 aliphatic heterocycles. The summed E-state index contributed by atoms with van der Waals surface area (Å²) in [5.41, 5.74) is 3.93. The van der Waals surface area contributed by atoms with Crippen molar-refractivity contribution in [3.05, 3.63) is 90.0 Å². The molecule has 0 N–H and O–H groups in total. The van der Waals surface area contributed by atoms with Gasteiger partial charge in [-0.25, -0.2) is 9.37 Å². The predicted molar refractivity (Wildman–Crippen MR) is 136 cm³/mol. The number of amides is 1. The van der Waals surface area contributed by atoms with Gasteiger partial charge in [0.05, 0.1) is 17.6 Å². The highest BCUT2D eigenvalue weighted by Gasteiger charge is 2.34. The Kier molecular flexibility index (Phi) is 6.53. The first-order chi connectivity index (χ1) is 17.0. The number of aryl methyl sites for hydroxylation is 1. The fourth-order valence-corrected chi connectivity index (χ4v) is 4.89. The number of aromatic nitrogens is 2. The highest BCUT2D eigenvalue weighted by Crippen LogP contribution is 2.33. The number of para-hydroxylation sites is 3. The van der Waals surface area contributed by atoms with Gasteiger partial charge in [-0.1, -0.05) is 44.2 Å². The van der Waals surface area contributed by atoms with Crippen LogP contribution in [0.2, 0.25) is 0 Å². The lowest BCUT2D eigenvalue weighted by Crippen LogP contribution is -2.24. The summed E-state index contributed by atoms with van der Waals surface area (Å²) in [5, 5.41) is 0. The van der Waals surface area contributed by atoms with Crippen LogP contribution in [0.1, 0.15) is 49.9 Å². The third kappa shape index (κ3) is 4.78. The molecule has 1 aliphatic rings. The number of ether oxygens (including phenoxy) is 1. The van der Waals surface area contributed by atoms with Gasteiger partial charge in [0.1, 0.15) is 17.4 Å². The van der Waals surface area contributed by atoms with Gasteiger partial charge >= 0.3 is 0 Å². The number of benzene rings is 3. The number of fused-ring (bicyclic) bond motifs is 1. The lowest BCUT2D eigenvalue weighted by atomic mass is 10.0. The predicted octanol–water partition coefficient (Wildman–Crippen LogP) is 6.29. The Morgan fingerprint density at radius 3 is 2.57 bits per heavy atom. The van der Waals surface area contributed by atoms with Gasteiger partial charge in [0.2, 0.25) is 5.91 Å². The number of imidazole rings is 1. The molecule has 1 atom stereocenters. The number of hydrogen-bond donors (Lipinski definition) is 0. The standard InChI is InChI=1S/C29H30FN3O2/c1-20(2)24-8-3-6-11-27(24)35-17-7-16-32-26-10-5-4-9-25(26)31-29(32)21-18-28(34)33(19-21)23-14-12-22(30)13-15-23/h3-6,8-15,20-21H,7,16-19H2,1-2H3. The third-order valence-corrected chi connectivity index (χ3v) is 6.64. The Labute approximate surface area is 205 Å². The van der Waals surface area contributed by atoms with Gasteiger partial charge in [0, 0.05) is 31.1 Å². The van der Waals surface area contributed by atoms with Crippen molar-refractivity contribution >= 4 is 22.6 Å². The topological polar surface area (TPSA) is 47.4 Å². The zero-order chi connectivity index (χ0) is 24.4. The Balaban J connectivity index is 1.34. The van der Waals surface area contributed by atoms with Crippen LogP contribution in [0, 0.1) is 5.82 Å². The van der Waals surface area contributed by atoms with E-state index >= 15 is 0 Å². The second-order valence-electron chi connectivity index (χ2n) is 9.39. The van der Waals surface area contributed by atoms with Crippen LogP contribution in [-0.4, -0.2) is 28.6 Å². The van der Waals surface area contributed by atoms with Crippen LogP contribution in [0.25, 0.3) is 11.0 Å². The summed E-state index contributed by atoms with van der Waals surface area (Å²) < 4.78 is 21.8. The number of anilines is 1. The van der Waals surface area contributed by atoms with E-state index in [-0.39, 0.29) is 17.6 Å². The first kappa shape index (κ1) is 23.1. The maximum absolute atomic E-state index is 13.4. The van der Waals surface area contributed by atoms with Crippen LogP contribution >= 0.6 is 0 Å². The molecule has 1 saturated heterocycles. The van der Waals surface area contributed by atoms with Crippen molar-refractivity contribution in [1.29, 1.82) is 0 Å². The number of rotatable bonds is 8. The largest absolute Gasteiger partial charge is 0.493 e.